The van der Waals surface area contributed by atoms with Gasteiger partial charge in [-0.2, -0.15) is 13.2 Å². The second-order valence-electron chi connectivity index (χ2n) is 11.9. The quantitative estimate of drug-likeness (QED) is 0.181. The van der Waals surface area contributed by atoms with Gasteiger partial charge in [-0.3, -0.25) is 0 Å². The SMILES string of the molecule is COc1ccc(CN(c2ccncn2)S(=O)(=O)c2cnc(O[C@H]3CC[C@H](c4cccc(C(F)(F)F)c4)C[C@@H]3N(C)C)c(C)c2)c(OC)c1. The fourth-order valence-corrected chi connectivity index (χ4v) is 7.43. The molecule has 2 aromatic carbocycles. The average molecular weight is 686 g/mol. The molecular formula is C34H38F3N5O5S. The third kappa shape index (κ3) is 7.65. The predicted octanol–water partition coefficient (Wildman–Crippen LogP) is 6.26. The zero-order valence-corrected chi connectivity index (χ0v) is 28.1. The number of halogens is 3. The van der Waals surface area contributed by atoms with Gasteiger partial charge in [0.15, 0.2) is 0 Å². The van der Waals surface area contributed by atoms with Crippen LogP contribution in [0.15, 0.2) is 78.2 Å². The fraction of sp³-hybridized carbons (Fsp3) is 0.382. The van der Waals surface area contributed by atoms with E-state index < -0.39 is 21.8 Å². The molecule has 1 fully saturated rings. The Labute approximate surface area is 278 Å². The first-order valence-corrected chi connectivity index (χ1v) is 16.7. The molecule has 14 heteroatoms. The van der Waals surface area contributed by atoms with Crippen LogP contribution in [0.3, 0.4) is 0 Å². The van der Waals surface area contributed by atoms with E-state index in [0.29, 0.717) is 47.5 Å². The lowest BCUT2D eigenvalue weighted by Crippen LogP contribution is -2.46. The molecule has 48 heavy (non-hydrogen) atoms. The van der Waals surface area contributed by atoms with Crippen LogP contribution in [0.4, 0.5) is 19.0 Å². The number of ether oxygens (including phenoxy) is 3. The van der Waals surface area contributed by atoms with Crippen molar-refractivity contribution in [1.82, 2.24) is 19.9 Å². The number of aromatic nitrogens is 3. The Morgan fingerprint density at radius 1 is 0.979 bits per heavy atom. The lowest BCUT2D eigenvalue weighted by molar-refractivity contribution is -0.137. The van der Waals surface area contributed by atoms with E-state index in [1.807, 2.05) is 19.0 Å². The zero-order chi connectivity index (χ0) is 34.6. The van der Waals surface area contributed by atoms with E-state index in [1.165, 1.54) is 57.2 Å². The normalized spacial score (nSPS) is 18.4. The number of hydrogen-bond donors (Lipinski definition) is 0. The first-order valence-electron chi connectivity index (χ1n) is 15.3. The minimum Gasteiger partial charge on any atom is -0.497 e. The number of nitrogens with zero attached hydrogens (tertiary/aromatic N) is 5. The summed E-state index contributed by atoms with van der Waals surface area (Å²) in [6.07, 6.45) is 1.07. The topological polar surface area (TPSA) is 107 Å². The minimum absolute atomic E-state index is 0.0594. The molecule has 1 saturated carbocycles. The molecule has 10 nitrogen and oxygen atoms in total. The van der Waals surface area contributed by atoms with Gasteiger partial charge in [-0.05, 0) is 76.0 Å². The first-order chi connectivity index (χ1) is 22.8. The molecule has 2 heterocycles. The molecule has 1 aliphatic carbocycles. The maximum atomic E-state index is 14.2. The molecule has 3 atom stereocenters. The van der Waals surface area contributed by atoms with Crippen molar-refractivity contribution in [1.29, 1.82) is 0 Å². The van der Waals surface area contributed by atoms with E-state index in [2.05, 4.69) is 15.0 Å². The van der Waals surface area contributed by atoms with Crippen LogP contribution >= 0.6 is 0 Å². The highest BCUT2D eigenvalue weighted by Crippen LogP contribution is 2.39. The second kappa shape index (κ2) is 14.4. The van der Waals surface area contributed by atoms with Gasteiger partial charge in [0.1, 0.15) is 34.6 Å². The maximum absolute atomic E-state index is 14.2. The highest BCUT2D eigenvalue weighted by molar-refractivity contribution is 7.92. The zero-order valence-electron chi connectivity index (χ0n) is 27.3. The fourth-order valence-electron chi connectivity index (χ4n) is 6.00. The van der Waals surface area contributed by atoms with Crippen LogP contribution in [0.5, 0.6) is 17.4 Å². The summed E-state index contributed by atoms with van der Waals surface area (Å²) in [5.41, 5.74) is 1.09. The largest absolute Gasteiger partial charge is 0.497 e. The Balaban J connectivity index is 1.38. The van der Waals surface area contributed by atoms with Crippen molar-refractivity contribution < 1.29 is 35.8 Å². The van der Waals surface area contributed by atoms with E-state index in [4.69, 9.17) is 14.2 Å². The summed E-state index contributed by atoms with van der Waals surface area (Å²) in [5, 5.41) is 0. The number of alkyl halides is 3. The highest BCUT2D eigenvalue weighted by Gasteiger charge is 2.37. The van der Waals surface area contributed by atoms with Crippen LogP contribution in [0, 0.1) is 6.92 Å². The van der Waals surface area contributed by atoms with E-state index >= 15 is 0 Å². The van der Waals surface area contributed by atoms with Crippen molar-refractivity contribution in [2.75, 3.05) is 32.6 Å². The lowest BCUT2D eigenvalue weighted by atomic mass is 9.79. The van der Waals surface area contributed by atoms with Gasteiger partial charge in [0.2, 0.25) is 5.88 Å². The van der Waals surface area contributed by atoms with Gasteiger partial charge in [0.05, 0.1) is 32.5 Å². The van der Waals surface area contributed by atoms with Crippen LogP contribution in [0.1, 0.15) is 47.4 Å². The van der Waals surface area contributed by atoms with E-state index in [0.717, 1.165) is 10.4 Å². The lowest BCUT2D eigenvalue weighted by Gasteiger charge is -2.40. The number of benzene rings is 2. The molecule has 256 valence electrons. The Kier molecular flexibility index (Phi) is 10.4. The van der Waals surface area contributed by atoms with Gasteiger partial charge in [0, 0.05) is 35.5 Å². The smallest absolute Gasteiger partial charge is 0.416 e. The highest BCUT2D eigenvalue weighted by atomic mass is 32.2. The molecule has 0 bridgehead atoms. The first kappa shape index (κ1) is 34.9. The number of rotatable bonds is 11. The molecule has 0 spiro atoms. The van der Waals surface area contributed by atoms with Crippen molar-refractivity contribution in [2.45, 2.75) is 61.9 Å². The van der Waals surface area contributed by atoms with Gasteiger partial charge in [0.25, 0.3) is 10.0 Å². The number of sulfonamides is 1. The van der Waals surface area contributed by atoms with Crippen molar-refractivity contribution in [3.63, 3.8) is 0 Å². The number of pyridine rings is 1. The van der Waals surface area contributed by atoms with Crippen molar-refractivity contribution in [3.05, 3.63) is 95.6 Å². The summed E-state index contributed by atoms with van der Waals surface area (Å²) in [4.78, 5) is 14.5. The number of likely N-dealkylation sites (N-methyl/N-ethyl adjacent to an activating group) is 1. The van der Waals surface area contributed by atoms with Crippen molar-refractivity contribution in [2.24, 2.45) is 0 Å². The Bertz CT molecular complexity index is 1830. The van der Waals surface area contributed by atoms with Crippen LogP contribution in [-0.4, -0.2) is 68.7 Å². The van der Waals surface area contributed by atoms with Crippen LogP contribution in [0.2, 0.25) is 0 Å². The van der Waals surface area contributed by atoms with Crippen molar-refractivity contribution >= 4 is 15.8 Å². The third-order valence-corrected chi connectivity index (χ3v) is 10.3. The second-order valence-corrected chi connectivity index (χ2v) is 13.7. The van der Waals surface area contributed by atoms with Crippen LogP contribution < -0.4 is 18.5 Å². The summed E-state index contributed by atoms with van der Waals surface area (Å²) < 4.78 is 86.8. The molecule has 1 aliphatic rings. The Morgan fingerprint density at radius 2 is 1.77 bits per heavy atom. The molecular weight excluding hydrogens is 647 g/mol. The predicted molar refractivity (Wildman–Crippen MR) is 174 cm³/mol. The standard InChI is InChI=1S/C34H38F3N5O5S/c1-22-15-28(48(43,44)42(32-13-14-38-21-40-32)20-25-9-11-27(45-4)18-31(25)46-5)19-39-33(22)47-30-12-10-24(17-29(30)41(2)3)23-7-6-8-26(16-23)34(35,36)37/h6-9,11,13-16,18-19,21,24,29-30H,10,12,17,20H2,1-5H3/t24-,29-,30-/m0/s1. The molecule has 0 saturated heterocycles. The van der Waals surface area contributed by atoms with E-state index in [9.17, 15) is 21.6 Å². The van der Waals surface area contributed by atoms with Crippen LogP contribution in [0.25, 0.3) is 0 Å². The Morgan fingerprint density at radius 3 is 2.42 bits per heavy atom. The van der Waals surface area contributed by atoms with Crippen LogP contribution in [-0.2, 0) is 22.7 Å². The summed E-state index contributed by atoms with van der Waals surface area (Å²) in [6, 6.07) is 13.5. The summed E-state index contributed by atoms with van der Waals surface area (Å²) >= 11 is 0. The molecule has 0 N–H and O–H groups in total. The van der Waals surface area contributed by atoms with Gasteiger partial charge >= 0.3 is 6.18 Å². The molecule has 0 radical (unpaired) electrons. The third-order valence-electron chi connectivity index (χ3n) is 8.59. The monoisotopic (exact) mass is 685 g/mol. The molecule has 2 aromatic heterocycles. The molecule has 0 amide bonds. The van der Waals surface area contributed by atoms with Gasteiger partial charge < -0.3 is 19.1 Å². The molecule has 0 unspecified atom stereocenters. The van der Waals surface area contributed by atoms with Gasteiger partial charge in [-0.1, -0.05) is 18.2 Å². The van der Waals surface area contributed by atoms with E-state index in [-0.39, 0.29) is 41.2 Å². The number of methoxy groups -OCH3 is 2. The number of aryl methyl sites for hydroxylation is 1. The van der Waals surface area contributed by atoms with Gasteiger partial charge in [-0.25, -0.2) is 27.7 Å². The number of anilines is 1. The molecule has 4 aromatic rings. The summed E-state index contributed by atoms with van der Waals surface area (Å²) in [5.74, 6) is 1.38. The summed E-state index contributed by atoms with van der Waals surface area (Å²) in [6.45, 7) is 1.63. The van der Waals surface area contributed by atoms with E-state index in [1.54, 1.807) is 31.2 Å². The molecule has 0 aliphatic heterocycles. The summed E-state index contributed by atoms with van der Waals surface area (Å²) in [7, 11) is 2.65. The van der Waals surface area contributed by atoms with Gasteiger partial charge in [-0.15, -0.1) is 0 Å². The number of hydrogen-bond acceptors (Lipinski definition) is 9. The molecule has 5 rings (SSSR count). The maximum Gasteiger partial charge on any atom is 0.416 e. The Hall–Kier alpha value is -4.43. The minimum atomic E-state index is -4.41. The average Bonchev–Trinajstić information content (AvgIpc) is 3.08. The van der Waals surface area contributed by atoms with Crippen molar-refractivity contribution in [3.8, 4) is 17.4 Å².